The quantitative estimate of drug-likeness (QED) is 0.325. The molecule has 19 heavy (non-hydrogen) atoms. The van der Waals surface area contributed by atoms with Gasteiger partial charge in [-0.3, -0.25) is 0 Å². The zero-order valence-electron chi connectivity index (χ0n) is 11.1. The van der Waals surface area contributed by atoms with Gasteiger partial charge in [0.2, 0.25) is 0 Å². The Bertz CT molecular complexity index is 469. The maximum absolute atomic E-state index is 10.4. The minimum absolute atomic E-state index is 0.0216. The number of anilines is 1. The van der Waals surface area contributed by atoms with Gasteiger partial charge in [0.1, 0.15) is 5.82 Å². The Labute approximate surface area is 112 Å². The highest BCUT2D eigenvalue weighted by molar-refractivity contribution is 6.01. The molecule has 0 aliphatic heterocycles. The molecule has 0 radical (unpaired) electrons. The molecule has 1 heterocycles. The van der Waals surface area contributed by atoms with Crippen molar-refractivity contribution in [1.29, 1.82) is 0 Å². The number of nitrogens with two attached hydrogens (primary N) is 1. The zero-order chi connectivity index (χ0) is 13.9. The van der Waals surface area contributed by atoms with Crippen LogP contribution >= 0.6 is 0 Å². The summed E-state index contributed by atoms with van der Waals surface area (Å²) in [5, 5.41) is 22.2. The van der Waals surface area contributed by atoms with Gasteiger partial charge in [-0.1, -0.05) is 18.0 Å². The van der Waals surface area contributed by atoms with Crippen LogP contribution in [-0.2, 0) is 0 Å². The molecule has 0 saturated heterocycles. The third-order valence-corrected chi connectivity index (χ3v) is 3.60. The summed E-state index contributed by atoms with van der Waals surface area (Å²) >= 11 is 0. The van der Waals surface area contributed by atoms with E-state index in [4.69, 9.17) is 10.9 Å². The van der Waals surface area contributed by atoms with E-state index in [0.29, 0.717) is 17.9 Å². The van der Waals surface area contributed by atoms with Gasteiger partial charge in [0.15, 0.2) is 5.84 Å². The third-order valence-electron chi connectivity index (χ3n) is 3.60. The van der Waals surface area contributed by atoms with Crippen molar-refractivity contribution in [2.45, 2.75) is 31.3 Å². The largest absolute Gasteiger partial charge is 0.409 e. The summed E-state index contributed by atoms with van der Waals surface area (Å²) in [4.78, 5) is 6.12. The Morgan fingerprint density at radius 3 is 2.84 bits per heavy atom. The lowest BCUT2D eigenvalue weighted by Crippen LogP contribution is -2.40. The van der Waals surface area contributed by atoms with Crippen molar-refractivity contribution in [2.75, 3.05) is 18.5 Å². The molecule has 6 heteroatoms. The lowest BCUT2D eigenvalue weighted by atomic mass is 10.0. The number of oxime groups is 1. The first-order valence-electron chi connectivity index (χ1n) is 6.42. The SMILES string of the molecule is CN(CC1(O)CCCC1)c1ncccc1/C(N)=N/O. The van der Waals surface area contributed by atoms with Gasteiger partial charge in [-0.15, -0.1) is 0 Å². The van der Waals surface area contributed by atoms with Gasteiger partial charge < -0.3 is 20.9 Å². The highest BCUT2D eigenvalue weighted by Gasteiger charge is 2.33. The van der Waals surface area contributed by atoms with Gasteiger partial charge >= 0.3 is 0 Å². The van der Waals surface area contributed by atoms with Gasteiger partial charge in [0.05, 0.1) is 11.2 Å². The standard InChI is InChI=1S/C13H20N4O2/c1-17(9-13(18)6-2-3-7-13)12-10(11(14)16-19)5-4-8-15-12/h4-5,8,18-19H,2-3,6-7,9H2,1H3,(H2,14,16). The number of hydrogen-bond acceptors (Lipinski definition) is 5. The number of aromatic nitrogens is 1. The van der Waals surface area contributed by atoms with E-state index < -0.39 is 5.60 Å². The van der Waals surface area contributed by atoms with Gasteiger partial charge in [-0.05, 0) is 25.0 Å². The van der Waals surface area contributed by atoms with Crippen LogP contribution in [0.2, 0.25) is 0 Å². The molecule has 0 spiro atoms. The second kappa shape index (κ2) is 5.44. The number of aliphatic hydroxyl groups is 1. The van der Waals surface area contributed by atoms with Crippen molar-refractivity contribution < 1.29 is 10.3 Å². The van der Waals surface area contributed by atoms with E-state index in [1.807, 2.05) is 11.9 Å². The van der Waals surface area contributed by atoms with E-state index in [2.05, 4.69) is 10.1 Å². The van der Waals surface area contributed by atoms with E-state index in [0.717, 1.165) is 25.7 Å². The number of amidine groups is 1. The monoisotopic (exact) mass is 264 g/mol. The van der Waals surface area contributed by atoms with E-state index in [-0.39, 0.29) is 5.84 Å². The van der Waals surface area contributed by atoms with Crippen molar-refractivity contribution in [3.05, 3.63) is 23.9 Å². The number of nitrogens with zero attached hydrogens (tertiary/aromatic N) is 3. The Kier molecular flexibility index (Phi) is 3.90. The molecular weight excluding hydrogens is 244 g/mol. The molecule has 1 fully saturated rings. The lowest BCUT2D eigenvalue weighted by Gasteiger charge is -2.30. The predicted octanol–water partition coefficient (Wildman–Crippen LogP) is 0.917. The summed E-state index contributed by atoms with van der Waals surface area (Å²) in [6.45, 7) is 0.496. The second-order valence-corrected chi connectivity index (χ2v) is 5.15. The molecular formula is C13H20N4O2. The molecule has 4 N–H and O–H groups in total. The summed E-state index contributed by atoms with van der Waals surface area (Å²) in [5.74, 6) is 0.631. The van der Waals surface area contributed by atoms with Gasteiger partial charge in [-0.2, -0.15) is 0 Å². The van der Waals surface area contributed by atoms with Crippen molar-refractivity contribution in [2.24, 2.45) is 10.9 Å². The van der Waals surface area contributed by atoms with E-state index in [9.17, 15) is 5.11 Å². The Hall–Kier alpha value is -1.82. The molecule has 6 nitrogen and oxygen atoms in total. The van der Waals surface area contributed by atoms with Crippen molar-refractivity contribution in [3.63, 3.8) is 0 Å². The Morgan fingerprint density at radius 1 is 1.53 bits per heavy atom. The molecule has 104 valence electrons. The molecule has 0 bridgehead atoms. The topological polar surface area (TPSA) is 95.0 Å². The summed E-state index contributed by atoms with van der Waals surface area (Å²) in [6, 6.07) is 3.47. The fourth-order valence-electron chi connectivity index (χ4n) is 2.66. The Morgan fingerprint density at radius 2 is 2.21 bits per heavy atom. The lowest BCUT2D eigenvalue weighted by molar-refractivity contribution is 0.0558. The van der Waals surface area contributed by atoms with E-state index in [1.165, 1.54) is 0 Å². The molecule has 2 rings (SSSR count). The second-order valence-electron chi connectivity index (χ2n) is 5.15. The van der Waals surface area contributed by atoms with Crippen LogP contribution < -0.4 is 10.6 Å². The molecule has 1 aromatic heterocycles. The fourth-order valence-corrected chi connectivity index (χ4v) is 2.66. The summed E-state index contributed by atoms with van der Waals surface area (Å²) in [7, 11) is 1.85. The average Bonchev–Trinajstić information content (AvgIpc) is 2.84. The molecule has 1 aliphatic carbocycles. The van der Waals surface area contributed by atoms with Crippen molar-refractivity contribution >= 4 is 11.7 Å². The molecule has 0 amide bonds. The van der Waals surface area contributed by atoms with Gasteiger partial charge in [-0.25, -0.2) is 4.98 Å². The smallest absolute Gasteiger partial charge is 0.173 e. The number of likely N-dealkylation sites (N-methyl/N-ethyl adjacent to an activating group) is 1. The Balaban J connectivity index is 2.21. The first kappa shape index (κ1) is 13.6. The van der Waals surface area contributed by atoms with E-state index >= 15 is 0 Å². The van der Waals surface area contributed by atoms with Crippen LogP contribution in [0.4, 0.5) is 5.82 Å². The zero-order valence-corrected chi connectivity index (χ0v) is 11.1. The van der Waals surface area contributed by atoms with Crippen LogP contribution in [0.15, 0.2) is 23.5 Å². The maximum atomic E-state index is 10.4. The minimum atomic E-state index is -0.658. The maximum Gasteiger partial charge on any atom is 0.173 e. The summed E-state index contributed by atoms with van der Waals surface area (Å²) in [6.07, 6.45) is 5.38. The van der Waals surface area contributed by atoms with Crippen LogP contribution in [0.3, 0.4) is 0 Å². The molecule has 1 saturated carbocycles. The van der Waals surface area contributed by atoms with Crippen molar-refractivity contribution in [3.8, 4) is 0 Å². The first-order chi connectivity index (χ1) is 9.06. The van der Waals surface area contributed by atoms with Crippen LogP contribution in [0, 0.1) is 0 Å². The molecule has 0 unspecified atom stereocenters. The highest BCUT2D eigenvalue weighted by atomic mass is 16.4. The van der Waals surface area contributed by atoms with Gasteiger partial charge in [0.25, 0.3) is 0 Å². The number of rotatable bonds is 4. The molecule has 0 atom stereocenters. The highest BCUT2D eigenvalue weighted by Crippen LogP contribution is 2.31. The number of pyridine rings is 1. The first-order valence-corrected chi connectivity index (χ1v) is 6.42. The molecule has 1 aromatic rings. The predicted molar refractivity (Wildman–Crippen MR) is 73.4 cm³/mol. The molecule has 1 aliphatic rings. The molecule has 0 aromatic carbocycles. The average molecular weight is 264 g/mol. The number of hydrogen-bond donors (Lipinski definition) is 3. The minimum Gasteiger partial charge on any atom is -0.409 e. The summed E-state index contributed by atoms with van der Waals surface area (Å²) < 4.78 is 0. The van der Waals surface area contributed by atoms with E-state index in [1.54, 1.807) is 18.3 Å². The third kappa shape index (κ3) is 2.96. The van der Waals surface area contributed by atoms with Gasteiger partial charge in [0, 0.05) is 19.8 Å². The normalized spacial score (nSPS) is 18.5. The van der Waals surface area contributed by atoms with Crippen LogP contribution in [0.5, 0.6) is 0 Å². The van der Waals surface area contributed by atoms with Crippen molar-refractivity contribution in [1.82, 2.24) is 4.98 Å². The summed E-state index contributed by atoms with van der Waals surface area (Å²) in [5.41, 5.74) is 5.55. The van der Waals surface area contributed by atoms with Crippen LogP contribution in [0.25, 0.3) is 0 Å². The van der Waals surface area contributed by atoms with Crippen LogP contribution in [0.1, 0.15) is 31.2 Å². The fraction of sp³-hybridized carbons (Fsp3) is 0.538. The van der Waals surface area contributed by atoms with Crippen LogP contribution in [-0.4, -0.2) is 40.3 Å².